The lowest BCUT2D eigenvalue weighted by Gasteiger charge is -2.21. The average Bonchev–Trinajstić information content (AvgIpc) is 3.25. The van der Waals surface area contributed by atoms with Crippen LogP contribution >= 0.6 is 0 Å². The fraction of sp³-hybridized carbons (Fsp3) is 0.836. The molecule has 0 radical (unpaired) electrons. The molecular weight excluding hydrogens is 739 g/mol. The van der Waals surface area contributed by atoms with Crippen LogP contribution < -0.4 is 5.32 Å². The highest BCUT2D eigenvalue weighted by Crippen LogP contribution is 2.16. The van der Waals surface area contributed by atoms with E-state index in [1.54, 1.807) is 6.08 Å². The van der Waals surface area contributed by atoms with Gasteiger partial charge in [-0.2, -0.15) is 0 Å². The number of amides is 1. The van der Waals surface area contributed by atoms with Crippen LogP contribution in [0.25, 0.3) is 0 Å². The fourth-order valence-corrected chi connectivity index (χ4v) is 8.00. The second kappa shape index (κ2) is 50.0. The highest BCUT2D eigenvalue weighted by Gasteiger charge is 2.22. The Morgan fingerprint density at radius 3 is 1.12 bits per heavy atom. The van der Waals surface area contributed by atoms with E-state index in [2.05, 4.69) is 55.6 Å². The van der Waals surface area contributed by atoms with E-state index >= 15 is 0 Å². The molecule has 352 valence electrons. The molecule has 60 heavy (non-hydrogen) atoms. The van der Waals surface area contributed by atoms with Gasteiger partial charge in [0.1, 0.15) is 6.10 Å². The van der Waals surface area contributed by atoms with Crippen molar-refractivity contribution in [2.45, 2.75) is 289 Å². The van der Waals surface area contributed by atoms with Crippen molar-refractivity contribution in [1.29, 1.82) is 0 Å². The summed E-state index contributed by atoms with van der Waals surface area (Å²) in [6.07, 6.45) is 66.0. The third kappa shape index (κ3) is 44.4. The Hall–Kier alpha value is -1.69. The molecule has 0 aliphatic heterocycles. The zero-order valence-corrected chi connectivity index (χ0v) is 40.1. The molecule has 0 saturated carbocycles. The second-order valence-electron chi connectivity index (χ2n) is 18.1. The van der Waals surface area contributed by atoms with E-state index in [0.717, 1.165) is 44.9 Å². The van der Waals surface area contributed by atoms with Crippen molar-refractivity contribution in [2.75, 3.05) is 6.61 Å². The normalized spacial score (nSPS) is 13.8. The third-order valence-corrected chi connectivity index (χ3v) is 12.1. The molecule has 0 aliphatic rings. The minimum absolute atomic E-state index is 0.378. The molecule has 0 aromatic rings. The smallest absolute Gasteiger partial charge is 0.249 e. The van der Waals surface area contributed by atoms with Crippen LogP contribution in [0.4, 0.5) is 0 Å². The molecule has 0 aromatic carbocycles. The number of carbonyl (C=O) groups excluding carboxylic acids is 1. The van der Waals surface area contributed by atoms with Crippen molar-refractivity contribution in [3.8, 4) is 0 Å². The van der Waals surface area contributed by atoms with Gasteiger partial charge >= 0.3 is 0 Å². The van der Waals surface area contributed by atoms with Crippen LogP contribution in [-0.2, 0) is 4.79 Å². The number of hydrogen-bond acceptors (Lipinski definition) is 4. The van der Waals surface area contributed by atoms with Gasteiger partial charge < -0.3 is 20.6 Å². The highest BCUT2D eigenvalue weighted by molar-refractivity contribution is 5.80. The van der Waals surface area contributed by atoms with Gasteiger partial charge in [-0.05, 0) is 64.2 Å². The Bertz CT molecular complexity index is 974. The maximum atomic E-state index is 12.5. The maximum absolute atomic E-state index is 12.5. The number of allylic oxidation sites excluding steroid dienone is 7. The van der Waals surface area contributed by atoms with E-state index in [4.69, 9.17) is 0 Å². The summed E-state index contributed by atoms with van der Waals surface area (Å²) in [6, 6.07) is -0.818. The molecule has 1 amide bonds. The van der Waals surface area contributed by atoms with Crippen LogP contribution in [-0.4, -0.2) is 46.1 Å². The van der Waals surface area contributed by atoms with Crippen molar-refractivity contribution in [3.05, 3.63) is 48.6 Å². The highest BCUT2D eigenvalue weighted by atomic mass is 16.3. The Balaban J connectivity index is 3.65. The first-order valence-electron chi connectivity index (χ1n) is 26.5. The SMILES string of the molecule is CCCCCCCCCCC/C=C\C/C=C\CCCCCCCCCCCCC(O)C(=O)NC(CO)C(O)/C=C/CC/C=C/CCCCCCCCCCCCCCCC. The van der Waals surface area contributed by atoms with Crippen LogP contribution in [0, 0.1) is 0 Å². The standard InChI is InChI=1S/C55H103NO4/c1-3-5-7-9-11-13-15-17-19-21-23-25-26-27-28-29-30-32-34-36-38-40-42-44-46-48-50-54(59)55(60)56-52(51-57)53(58)49-47-45-43-41-39-37-35-33-31-24-22-20-18-16-14-12-10-8-6-4-2/h23,25,27-28,39,41,47,49,52-54,57-59H,3-22,24,26,29-38,40,42-46,48,50-51H2,1-2H3,(H,56,60)/b25-23-,28-27-,41-39+,49-47+. The van der Waals surface area contributed by atoms with Gasteiger partial charge in [-0.1, -0.05) is 255 Å². The number of rotatable bonds is 48. The lowest BCUT2D eigenvalue weighted by atomic mass is 10.0. The summed E-state index contributed by atoms with van der Waals surface area (Å²) in [7, 11) is 0. The number of aliphatic hydroxyl groups is 3. The first kappa shape index (κ1) is 58.3. The van der Waals surface area contributed by atoms with E-state index in [1.165, 1.54) is 205 Å². The predicted molar refractivity (Wildman–Crippen MR) is 264 cm³/mol. The molecular formula is C55H103NO4. The molecule has 3 unspecified atom stereocenters. The zero-order chi connectivity index (χ0) is 43.7. The molecule has 0 fully saturated rings. The molecule has 0 bridgehead atoms. The molecule has 0 aliphatic carbocycles. The maximum Gasteiger partial charge on any atom is 0.249 e. The van der Waals surface area contributed by atoms with Crippen molar-refractivity contribution >= 4 is 5.91 Å². The van der Waals surface area contributed by atoms with Crippen molar-refractivity contribution in [1.82, 2.24) is 5.32 Å². The van der Waals surface area contributed by atoms with E-state index < -0.39 is 24.2 Å². The third-order valence-electron chi connectivity index (χ3n) is 12.1. The van der Waals surface area contributed by atoms with E-state index in [9.17, 15) is 20.1 Å². The second-order valence-corrected chi connectivity index (χ2v) is 18.1. The number of nitrogens with one attached hydrogen (secondary N) is 1. The molecule has 3 atom stereocenters. The number of aliphatic hydroxyl groups excluding tert-OH is 3. The number of hydrogen-bond donors (Lipinski definition) is 4. The quantitative estimate of drug-likeness (QED) is 0.0363. The van der Waals surface area contributed by atoms with Gasteiger partial charge in [0.05, 0.1) is 18.8 Å². The summed E-state index contributed by atoms with van der Waals surface area (Å²) >= 11 is 0. The van der Waals surface area contributed by atoms with E-state index in [-0.39, 0.29) is 6.61 Å². The summed E-state index contributed by atoms with van der Waals surface area (Å²) in [5, 5.41) is 33.3. The molecule has 0 rings (SSSR count). The molecule has 4 N–H and O–H groups in total. The predicted octanol–water partition coefficient (Wildman–Crippen LogP) is 16.1. The van der Waals surface area contributed by atoms with Gasteiger partial charge in [-0.3, -0.25) is 4.79 Å². The molecule has 5 nitrogen and oxygen atoms in total. The van der Waals surface area contributed by atoms with Crippen LogP contribution in [0.1, 0.15) is 271 Å². The summed E-state index contributed by atoms with van der Waals surface area (Å²) in [5.74, 6) is -0.514. The number of unbranched alkanes of at least 4 members (excludes halogenated alkanes) is 34. The van der Waals surface area contributed by atoms with Crippen LogP contribution in [0.5, 0.6) is 0 Å². The van der Waals surface area contributed by atoms with Crippen molar-refractivity contribution < 1.29 is 20.1 Å². The van der Waals surface area contributed by atoms with Crippen molar-refractivity contribution in [2.24, 2.45) is 0 Å². The minimum atomic E-state index is -1.11. The fourth-order valence-electron chi connectivity index (χ4n) is 8.00. The van der Waals surface area contributed by atoms with Gasteiger partial charge in [0, 0.05) is 0 Å². The largest absolute Gasteiger partial charge is 0.394 e. The van der Waals surface area contributed by atoms with E-state index in [0.29, 0.717) is 6.42 Å². The Morgan fingerprint density at radius 2 is 0.733 bits per heavy atom. The summed E-state index contributed by atoms with van der Waals surface area (Å²) < 4.78 is 0. The summed E-state index contributed by atoms with van der Waals surface area (Å²) in [6.45, 7) is 4.19. The van der Waals surface area contributed by atoms with Gasteiger partial charge in [0.2, 0.25) is 5.91 Å². The van der Waals surface area contributed by atoms with Crippen LogP contribution in [0.15, 0.2) is 48.6 Å². The van der Waals surface area contributed by atoms with Crippen LogP contribution in [0.2, 0.25) is 0 Å². The number of carbonyl (C=O) groups is 1. The molecule has 0 saturated heterocycles. The zero-order valence-electron chi connectivity index (χ0n) is 40.1. The molecule has 0 aromatic heterocycles. The Kier molecular flexibility index (Phi) is 48.6. The summed E-state index contributed by atoms with van der Waals surface area (Å²) in [4.78, 5) is 12.5. The van der Waals surface area contributed by atoms with Gasteiger partial charge in [-0.25, -0.2) is 0 Å². The first-order valence-corrected chi connectivity index (χ1v) is 26.5. The first-order chi connectivity index (χ1) is 29.6. The van der Waals surface area contributed by atoms with Gasteiger partial charge in [-0.15, -0.1) is 0 Å². The van der Waals surface area contributed by atoms with Gasteiger partial charge in [0.15, 0.2) is 0 Å². The monoisotopic (exact) mass is 842 g/mol. The Labute approximate surface area is 374 Å². The van der Waals surface area contributed by atoms with Crippen LogP contribution in [0.3, 0.4) is 0 Å². The van der Waals surface area contributed by atoms with Gasteiger partial charge in [0.25, 0.3) is 0 Å². The topological polar surface area (TPSA) is 89.8 Å². The minimum Gasteiger partial charge on any atom is -0.394 e. The lowest BCUT2D eigenvalue weighted by molar-refractivity contribution is -0.131. The Morgan fingerprint density at radius 1 is 0.417 bits per heavy atom. The molecule has 5 heteroatoms. The van der Waals surface area contributed by atoms with Crippen molar-refractivity contribution in [3.63, 3.8) is 0 Å². The molecule has 0 spiro atoms. The summed E-state index contributed by atoms with van der Waals surface area (Å²) in [5.41, 5.74) is 0. The molecule has 0 heterocycles. The lowest BCUT2D eigenvalue weighted by Crippen LogP contribution is -2.48. The average molecular weight is 842 g/mol. The van der Waals surface area contributed by atoms with E-state index in [1.807, 2.05) is 6.08 Å².